The number of rotatable bonds is 10. The number of nitrogens with two attached hydrogens (primary N) is 1. The molecule has 0 heterocycles. The molecule has 1 unspecified atom stereocenters. The fourth-order valence-electron chi connectivity index (χ4n) is 1.58. The van der Waals surface area contributed by atoms with Gasteiger partial charge in [-0.2, -0.15) is 0 Å². The Balaban J connectivity index is 2.49. The van der Waals surface area contributed by atoms with Gasteiger partial charge in [-0.05, 0) is 6.07 Å². The van der Waals surface area contributed by atoms with E-state index in [0.717, 1.165) is 0 Å². The number of nitrogens with zero attached hydrogens (tertiary/aromatic N) is 1. The molecule has 1 rings (SSSR count). The predicted octanol–water partition coefficient (Wildman–Crippen LogP) is 0.456. The zero-order valence-electron chi connectivity index (χ0n) is 11.9. The van der Waals surface area contributed by atoms with E-state index >= 15 is 0 Å². The van der Waals surface area contributed by atoms with Gasteiger partial charge in [0, 0.05) is 31.4 Å². The fourth-order valence-corrected chi connectivity index (χ4v) is 1.58. The number of benzene rings is 1. The summed E-state index contributed by atoms with van der Waals surface area (Å²) in [7, 11) is 1.56. The smallest absolute Gasteiger partial charge is 0.270 e. The minimum Gasteiger partial charge on any atom is -0.490 e. The normalized spacial score (nSPS) is 12.1. The van der Waals surface area contributed by atoms with Crippen molar-refractivity contribution in [2.24, 2.45) is 5.73 Å². The van der Waals surface area contributed by atoms with Gasteiger partial charge in [0.25, 0.3) is 5.69 Å². The molecular weight excluding hydrogens is 280 g/mol. The van der Waals surface area contributed by atoms with Crippen molar-refractivity contribution in [3.05, 3.63) is 33.9 Å². The molecule has 0 aliphatic rings. The van der Waals surface area contributed by atoms with Crippen molar-refractivity contribution in [1.82, 2.24) is 0 Å². The lowest BCUT2D eigenvalue weighted by molar-refractivity contribution is -0.384. The first-order valence-electron chi connectivity index (χ1n) is 6.43. The second-order valence-electron chi connectivity index (χ2n) is 4.29. The summed E-state index contributed by atoms with van der Waals surface area (Å²) in [6, 6.07) is 4.16. The molecule has 0 aromatic heterocycles. The largest absolute Gasteiger partial charge is 0.490 e. The molecule has 21 heavy (non-hydrogen) atoms. The molecule has 1 aromatic carbocycles. The topological polar surface area (TPSA) is 117 Å². The van der Waals surface area contributed by atoms with E-state index < -0.39 is 11.0 Å². The third-order valence-corrected chi connectivity index (χ3v) is 2.65. The molecule has 0 saturated carbocycles. The van der Waals surface area contributed by atoms with Gasteiger partial charge in [-0.25, -0.2) is 0 Å². The molecule has 8 heteroatoms. The van der Waals surface area contributed by atoms with Crippen LogP contribution in [0.25, 0.3) is 0 Å². The van der Waals surface area contributed by atoms with Crippen molar-refractivity contribution in [1.29, 1.82) is 0 Å². The van der Waals surface area contributed by atoms with E-state index in [1.807, 2.05) is 0 Å². The highest BCUT2D eigenvalue weighted by Gasteiger charge is 2.12. The van der Waals surface area contributed by atoms with Crippen LogP contribution < -0.4 is 10.5 Å². The van der Waals surface area contributed by atoms with Gasteiger partial charge in [-0.1, -0.05) is 0 Å². The van der Waals surface area contributed by atoms with Crippen molar-refractivity contribution >= 4 is 5.69 Å². The molecule has 0 bridgehead atoms. The Morgan fingerprint density at radius 1 is 1.38 bits per heavy atom. The highest BCUT2D eigenvalue weighted by Crippen LogP contribution is 2.23. The molecule has 8 nitrogen and oxygen atoms in total. The van der Waals surface area contributed by atoms with E-state index in [4.69, 9.17) is 19.9 Å². The summed E-state index contributed by atoms with van der Waals surface area (Å²) < 4.78 is 15.4. The zero-order valence-corrected chi connectivity index (χ0v) is 11.9. The summed E-state index contributed by atoms with van der Waals surface area (Å²) in [5, 5.41) is 20.4. The monoisotopic (exact) mass is 300 g/mol. The van der Waals surface area contributed by atoms with Crippen molar-refractivity contribution in [2.45, 2.75) is 12.6 Å². The summed E-state index contributed by atoms with van der Waals surface area (Å²) in [6.07, 6.45) is -0.803. The van der Waals surface area contributed by atoms with Gasteiger partial charge < -0.3 is 25.1 Å². The third kappa shape index (κ3) is 6.05. The van der Waals surface area contributed by atoms with E-state index in [9.17, 15) is 15.2 Å². The fraction of sp³-hybridized carbons (Fsp3) is 0.538. The van der Waals surface area contributed by atoms with Gasteiger partial charge in [-0.15, -0.1) is 0 Å². The molecule has 0 amide bonds. The van der Waals surface area contributed by atoms with E-state index in [1.165, 1.54) is 18.2 Å². The first kappa shape index (κ1) is 17.3. The summed E-state index contributed by atoms with van der Waals surface area (Å²) in [5.74, 6) is 0.416. The number of methoxy groups -OCH3 is 1. The molecule has 0 fully saturated rings. The molecule has 0 aliphatic carbocycles. The van der Waals surface area contributed by atoms with Crippen LogP contribution in [0.15, 0.2) is 18.2 Å². The summed E-state index contributed by atoms with van der Waals surface area (Å²) in [5.41, 5.74) is 6.00. The van der Waals surface area contributed by atoms with Crippen LogP contribution in [0, 0.1) is 10.1 Å². The lowest BCUT2D eigenvalue weighted by Crippen LogP contribution is -2.24. The summed E-state index contributed by atoms with van der Waals surface area (Å²) >= 11 is 0. The predicted molar refractivity (Wildman–Crippen MR) is 75.2 cm³/mol. The highest BCUT2D eigenvalue weighted by molar-refractivity contribution is 5.43. The Kier molecular flexibility index (Phi) is 7.62. The molecule has 0 saturated heterocycles. The average molecular weight is 300 g/mol. The van der Waals surface area contributed by atoms with E-state index in [0.29, 0.717) is 24.5 Å². The Bertz CT molecular complexity index is 454. The van der Waals surface area contributed by atoms with Gasteiger partial charge in [0.2, 0.25) is 0 Å². The number of non-ortho nitro benzene ring substituents is 1. The molecule has 0 spiro atoms. The van der Waals surface area contributed by atoms with E-state index in [2.05, 4.69) is 0 Å². The Morgan fingerprint density at radius 2 is 2.14 bits per heavy atom. The van der Waals surface area contributed by atoms with Gasteiger partial charge in [0.05, 0.1) is 24.7 Å². The maximum atomic E-state index is 10.7. The number of aliphatic hydroxyl groups excluding tert-OH is 1. The quantitative estimate of drug-likeness (QED) is 0.366. The molecule has 0 radical (unpaired) electrons. The standard InChI is InChI=1S/C13H20N2O6/c1-19-4-5-20-8-12(16)9-21-13-3-2-11(15(17)18)6-10(13)7-14/h2-3,6,12,16H,4-5,7-9,14H2,1H3. The number of ether oxygens (including phenoxy) is 3. The zero-order chi connectivity index (χ0) is 15.7. The van der Waals surface area contributed by atoms with E-state index in [-0.39, 0.29) is 25.4 Å². The number of aliphatic hydroxyl groups is 1. The number of nitro benzene ring substituents is 1. The van der Waals surface area contributed by atoms with Crippen LogP contribution in [-0.4, -0.2) is 49.7 Å². The van der Waals surface area contributed by atoms with Crippen LogP contribution >= 0.6 is 0 Å². The second kappa shape index (κ2) is 9.24. The molecule has 1 atom stereocenters. The Morgan fingerprint density at radius 3 is 2.76 bits per heavy atom. The molecule has 0 aliphatic heterocycles. The highest BCUT2D eigenvalue weighted by atomic mass is 16.6. The number of hydrogen-bond donors (Lipinski definition) is 2. The summed E-state index contributed by atoms with van der Waals surface area (Å²) in [4.78, 5) is 10.2. The van der Waals surface area contributed by atoms with Crippen molar-refractivity contribution in [2.75, 3.05) is 33.5 Å². The SMILES string of the molecule is COCCOCC(O)COc1ccc([N+](=O)[O-])cc1CN. The lowest BCUT2D eigenvalue weighted by atomic mass is 10.2. The third-order valence-electron chi connectivity index (χ3n) is 2.65. The van der Waals surface area contributed by atoms with Crippen LogP contribution in [0.1, 0.15) is 5.56 Å². The Labute approximate surface area is 122 Å². The van der Waals surface area contributed by atoms with Crippen molar-refractivity contribution in [3.8, 4) is 5.75 Å². The van der Waals surface area contributed by atoms with Crippen LogP contribution in [0.2, 0.25) is 0 Å². The van der Waals surface area contributed by atoms with Gasteiger partial charge in [0.1, 0.15) is 18.5 Å². The lowest BCUT2D eigenvalue weighted by Gasteiger charge is -2.14. The van der Waals surface area contributed by atoms with Crippen LogP contribution in [0.4, 0.5) is 5.69 Å². The first-order valence-corrected chi connectivity index (χ1v) is 6.43. The van der Waals surface area contributed by atoms with Gasteiger partial charge in [0.15, 0.2) is 0 Å². The summed E-state index contributed by atoms with van der Waals surface area (Å²) in [6.45, 7) is 1.08. The number of nitro groups is 1. The van der Waals surface area contributed by atoms with E-state index in [1.54, 1.807) is 7.11 Å². The molecular formula is C13H20N2O6. The maximum Gasteiger partial charge on any atom is 0.270 e. The minimum atomic E-state index is -0.803. The van der Waals surface area contributed by atoms with Crippen LogP contribution in [0.5, 0.6) is 5.75 Å². The second-order valence-corrected chi connectivity index (χ2v) is 4.29. The molecule has 1 aromatic rings. The minimum absolute atomic E-state index is 0.0117. The maximum absolute atomic E-state index is 10.7. The van der Waals surface area contributed by atoms with Crippen LogP contribution in [-0.2, 0) is 16.0 Å². The number of hydrogen-bond acceptors (Lipinski definition) is 7. The van der Waals surface area contributed by atoms with Crippen molar-refractivity contribution in [3.63, 3.8) is 0 Å². The van der Waals surface area contributed by atoms with Crippen molar-refractivity contribution < 1.29 is 24.2 Å². The Hall–Kier alpha value is -1.74. The molecule has 3 N–H and O–H groups in total. The van der Waals surface area contributed by atoms with Gasteiger partial charge in [-0.3, -0.25) is 10.1 Å². The average Bonchev–Trinajstić information content (AvgIpc) is 2.49. The van der Waals surface area contributed by atoms with Gasteiger partial charge >= 0.3 is 0 Å². The molecule has 118 valence electrons. The van der Waals surface area contributed by atoms with Crippen LogP contribution in [0.3, 0.4) is 0 Å². The first-order chi connectivity index (χ1) is 10.1.